The molecule has 0 unspecified atom stereocenters. The zero-order valence-electron chi connectivity index (χ0n) is 14.2. The second kappa shape index (κ2) is 7.29. The third kappa shape index (κ3) is 3.76. The Balaban J connectivity index is 1.86. The van der Waals surface area contributed by atoms with Crippen molar-refractivity contribution < 1.29 is 9.52 Å². The summed E-state index contributed by atoms with van der Waals surface area (Å²) in [6, 6.07) is 15.2. The smallest absolute Gasteiger partial charge is 0.247 e. The van der Waals surface area contributed by atoms with Gasteiger partial charge in [0.1, 0.15) is 0 Å². The number of nitrogens with zero attached hydrogens (tertiary/aromatic N) is 3. The third-order valence-corrected chi connectivity index (χ3v) is 4.20. The van der Waals surface area contributed by atoms with Crippen molar-refractivity contribution in [1.29, 1.82) is 0 Å². The molecule has 0 spiro atoms. The highest BCUT2D eigenvalue weighted by molar-refractivity contribution is 5.53. The van der Waals surface area contributed by atoms with E-state index >= 15 is 0 Å². The van der Waals surface area contributed by atoms with E-state index in [-0.39, 0.29) is 5.92 Å². The lowest BCUT2D eigenvalue weighted by molar-refractivity contribution is 0.148. The summed E-state index contributed by atoms with van der Waals surface area (Å²) < 4.78 is 5.81. The molecule has 2 aromatic carbocycles. The minimum atomic E-state index is -0.634. The summed E-state index contributed by atoms with van der Waals surface area (Å²) in [5.74, 6) is 0.560. The molecule has 0 saturated heterocycles. The molecular formula is C20H19N3O2. The first kappa shape index (κ1) is 16.9. The van der Waals surface area contributed by atoms with Crippen LogP contribution in [0.4, 0.5) is 5.69 Å². The molecule has 0 aliphatic carbocycles. The van der Waals surface area contributed by atoms with E-state index in [0.29, 0.717) is 23.9 Å². The van der Waals surface area contributed by atoms with Gasteiger partial charge in [0.05, 0.1) is 18.6 Å². The quantitative estimate of drug-likeness (QED) is 0.707. The van der Waals surface area contributed by atoms with Crippen LogP contribution in [0.2, 0.25) is 0 Å². The van der Waals surface area contributed by atoms with Gasteiger partial charge in [-0.15, -0.1) is 10.2 Å². The highest BCUT2D eigenvalue weighted by atomic mass is 16.4. The fourth-order valence-corrected chi connectivity index (χ4v) is 2.77. The number of rotatable bonds is 5. The molecule has 1 heterocycles. The van der Waals surface area contributed by atoms with Gasteiger partial charge in [0, 0.05) is 5.56 Å². The van der Waals surface area contributed by atoms with Crippen LogP contribution >= 0.6 is 0 Å². The van der Waals surface area contributed by atoms with E-state index in [1.54, 1.807) is 13.0 Å². The van der Waals surface area contributed by atoms with Gasteiger partial charge in [0.15, 0.2) is 5.69 Å². The monoisotopic (exact) mass is 333 g/mol. The highest BCUT2D eigenvalue weighted by Gasteiger charge is 2.24. The van der Waals surface area contributed by atoms with Crippen molar-refractivity contribution in [2.24, 2.45) is 0 Å². The molecule has 5 heteroatoms. The molecule has 0 aliphatic rings. The zero-order valence-corrected chi connectivity index (χ0v) is 14.2. The van der Waals surface area contributed by atoms with Gasteiger partial charge in [-0.1, -0.05) is 36.4 Å². The van der Waals surface area contributed by atoms with Crippen molar-refractivity contribution in [3.05, 3.63) is 77.0 Å². The summed E-state index contributed by atoms with van der Waals surface area (Å²) in [6.07, 6.45) is -0.0716. The van der Waals surface area contributed by atoms with Crippen molar-refractivity contribution in [2.45, 2.75) is 32.3 Å². The minimum absolute atomic E-state index is 0.303. The first-order chi connectivity index (χ1) is 12.1. The van der Waals surface area contributed by atoms with Gasteiger partial charge in [-0.2, -0.15) is 0 Å². The molecule has 3 rings (SSSR count). The normalized spacial score (nSPS) is 13.2. The number of hydrogen-bond donors (Lipinski definition) is 1. The summed E-state index contributed by atoms with van der Waals surface area (Å²) in [4.78, 5) is 3.48. The number of aryl methyl sites for hydroxylation is 1. The first-order valence-electron chi connectivity index (χ1n) is 8.12. The SMILES string of the molecule is [C-]#[N+]c1ccc(C[C@@H](c2nnc(-c3ccccc3)o2)[C@H](C)O)cc1C. The highest BCUT2D eigenvalue weighted by Crippen LogP contribution is 2.28. The van der Waals surface area contributed by atoms with E-state index in [0.717, 1.165) is 16.7 Å². The van der Waals surface area contributed by atoms with Crippen molar-refractivity contribution >= 4 is 5.69 Å². The van der Waals surface area contributed by atoms with E-state index in [1.807, 2.05) is 49.4 Å². The molecule has 1 aromatic heterocycles. The van der Waals surface area contributed by atoms with Crippen molar-refractivity contribution in [3.63, 3.8) is 0 Å². The van der Waals surface area contributed by atoms with E-state index in [9.17, 15) is 5.11 Å². The molecule has 25 heavy (non-hydrogen) atoms. The number of aliphatic hydroxyl groups excluding tert-OH is 1. The van der Waals surface area contributed by atoms with Crippen LogP contribution in [-0.4, -0.2) is 21.4 Å². The van der Waals surface area contributed by atoms with Crippen molar-refractivity contribution in [3.8, 4) is 11.5 Å². The summed E-state index contributed by atoms with van der Waals surface area (Å²) in [7, 11) is 0. The van der Waals surface area contributed by atoms with Gasteiger partial charge in [-0.3, -0.25) is 0 Å². The molecule has 0 saturated carbocycles. The largest absolute Gasteiger partial charge is 0.420 e. The van der Waals surface area contributed by atoms with Gasteiger partial charge < -0.3 is 9.52 Å². The van der Waals surface area contributed by atoms with Crippen molar-refractivity contribution in [2.75, 3.05) is 0 Å². The summed E-state index contributed by atoms with van der Waals surface area (Å²) in [6.45, 7) is 10.8. The molecule has 0 fully saturated rings. The maximum absolute atomic E-state index is 10.2. The number of aromatic nitrogens is 2. The van der Waals surface area contributed by atoms with Gasteiger partial charge in [0.2, 0.25) is 11.8 Å². The molecule has 1 N–H and O–H groups in total. The number of benzene rings is 2. The summed E-state index contributed by atoms with van der Waals surface area (Å²) in [5.41, 5.74) is 3.44. The molecule has 0 radical (unpaired) electrons. The molecule has 0 bridgehead atoms. The number of aliphatic hydroxyl groups is 1. The molecule has 2 atom stereocenters. The average molecular weight is 333 g/mol. The Hall–Kier alpha value is -2.97. The molecule has 5 nitrogen and oxygen atoms in total. The predicted octanol–water partition coefficient (Wildman–Crippen LogP) is 4.30. The van der Waals surface area contributed by atoms with Gasteiger partial charge in [-0.25, -0.2) is 4.85 Å². The Morgan fingerprint density at radius 2 is 1.92 bits per heavy atom. The maximum atomic E-state index is 10.2. The van der Waals surface area contributed by atoms with Gasteiger partial charge in [0.25, 0.3) is 0 Å². The zero-order chi connectivity index (χ0) is 17.8. The van der Waals surface area contributed by atoms with Crippen LogP contribution in [-0.2, 0) is 6.42 Å². The summed E-state index contributed by atoms with van der Waals surface area (Å²) >= 11 is 0. The predicted molar refractivity (Wildman–Crippen MR) is 95.3 cm³/mol. The fraction of sp³-hybridized carbons (Fsp3) is 0.250. The van der Waals surface area contributed by atoms with E-state index < -0.39 is 6.10 Å². The molecule has 0 aliphatic heterocycles. The molecule has 0 amide bonds. The van der Waals surface area contributed by atoms with E-state index in [2.05, 4.69) is 15.0 Å². The standard InChI is InChI=1S/C20H19N3O2/c1-13-11-15(9-10-18(13)21-3)12-17(14(2)24)20-23-22-19(25-20)16-7-5-4-6-8-16/h4-11,14,17,24H,12H2,1-2H3/t14-,17+/m0/s1. The van der Waals surface area contributed by atoms with Crippen LogP contribution in [0.3, 0.4) is 0 Å². The lowest BCUT2D eigenvalue weighted by Gasteiger charge is -2.16. The molecule has 126 valence electrons. The third-order valence-electron chi connectivity index (χ3n) is 4.20. The second-order valence-electron chi connectivity index (χ2n) is 6.10. The lowest BCUT2D eigenvalue weighted by Crippen LogP contribution is -2.17. The van der Waals surface area contributed by atoms with Crippen LogP contribution in [0.5, 0.6) is 0 Å². The Morgan fingerprint density at radius 1 is 1.16 bits per heavy atom. The topological polar surface area (TPSA) is 63.5 Å². The van der Waals surface area contributed by atoms with Crippen molar-refractivity contribution in [1.82, 2.24) is 10.2 Å². The van der Waals surface area contributed by atoms with Crippen LogP contribution in [0.15, 0.2) is 52.9 Å². The molecule has 3 aromatic rings. The number of hydrogen-bond acceptors (Lipinski definition) is 4. The Bertz CT molecular complexity index is 895. The van der Waals surface area contributed by atoms with Crippen LogP contribution in [0.1, 0.15) is 29.9 Å². The van der Waals surface area contributed by atoms with Gasteiger partial charge >= 0.3 is 0 Å². The first-order valence-corrected chi connectivity index (χ1v) is 8.12. The van der Waals surface area contributed by atoms with Crippen LogP contribution < -0.4 is 0 Å². The van der Waals surface area contributed by atoms with Gasteiger partial charge in [-0.05, 0) is 43.5 Å². The van der Waals surface area contributed by atoms with E-state index in [1.165, 1.54) is 0 Å². The fourth-order valence-electron chi connectivity index (χ4n) is 2.77. The van der Waals surface area contributed by atoms with Crippen LogP contribution in [0.25, 0.3) is 16.3 Å². The molecular weight excluding hydrogens is 314 g/mol. The minimum Gasteiger partial charge on any atom is -0.420 e. The van der Waals surface area contributed by atoms with Crippen LogP contribution in [0, 0.1) is 13.5 Å². The Kier molecular flexibility index (Phi) is 4.92. The Morgan fingerprint density at radius 3 is 2.56 bits per heavy atom. The lowest BCUT2D eigenvalue weighted by atomic mass is 9.93. The van der Waals surface area contributed by atoms with E-state index in [4.69, 9.17) is 11.0 Å². The average Bonchev–Trinajstić information content (AvgIpc) is 3.10. The Labute approximate surface area is 146 Å². The summed E-state index contributed by atoms with van der Waals surface area (Å²) in [5, 5.41) is 18.5. The maximum Gasteiger partial charge on any atom is 0.247 e. The second-order valence-corrected chi connectivity index (χ2v) is 6.10.